The van der Waals surface area contributed by atoms with Gasteiger partial charge in [0.2, 0.25) is 0 Å². The van der Waals surface area contributed by atoms with Crippen LogP contribution in [0, 0.1) is 0 Å². The molecule has 0 aliphatic rings. The number of hydrogen-bond acceptors (Lipinski definition) is 4. The lowest BCUT2D eigenvalue weighted by Gasteiger charge is -2.19. The Bertz CT molecular complexity index is 609. The van der Waals surface area contributed by atoms with Crippen LogP contribution in [0.25, 0.3) is 11.0 Å². The Balaban J connectivity index is 2.38. The van der Waals surface area contributed by atoms with Crippen molar-refractivity contribution in [2.45, 2.75) is 39.3 Å². The zero-order valence-corrected chi connectivity index (χ0v) is 11.7. The Morgan fingerprint density at radius 3 is 2.63 bits per heavy atom. The van der Waals surface area contributed by atoms with Crippen molar-refractivity contribution in [3.05, 3.63) is 30.1 Å². The van der Waals surface area contributed by atoms with E-state index in [9.17, 15) is 4.79 Å². The highest BCUT2D eigenvalue weighted by molar-refractivity contribution is 5.87. The first-order chi connectivity index (χ1) is 8.78. The molecule has 0 saturated heterocycles. The number of carbonyl (C=O) groups is 1. The second kappa shape index (κ2) is 4.66. The van der Waals surface area contributed by atoms with Crippen molar-refractivity contribution in [2.24, 2.45) is 5.73 Å². The Morgan fingerprint density at radius 2 is 2.05 bits per heavy atom. The second-order valence-corrected chi connectivity index (χ2v) is 5.60. The fourth-order valence-electron chi connectivity index (χ4n) is 1.76. The third-order valence-electron chi connectivity index (χ3n) is 2.62. The van der Waals surface area contributed by atoms with Gasteiger partial charge in [-0.15, -0.1) is 0 Å². The highest BCUT2D eigenvalue weighted by Gasteiger charge is 2.19. The van der Waals surface area contributed by atoms with Crippen molar-refractivity contribution >= 4 is 17.1 Å². The molecule has 0 aromatic carbocycles. The number of fused-ring (bicyclic) bond motifs is 1. The molecule has 0 radical (unpaired) electrons. The molecule has 2 aromatic heterocycles. The lowest BCUT2D eigenvalue weighted by atomic mass is 10.2. The van der Waals surface area contributed by atoms with Crippen molar-refractivity contribution < 1.29 is 9.53 Å². The van der Waals surface area contributed by atoms with E-state index in [0.717, 1.165) is 16.7 Å². The van der Waals surface area contributed by atoms with E-state index in [-0.39, 0.29) is 6.04 Å². The summed E-state index contributed by atoms with van der Waals surface area (Å²) in [6.45, 7) is 7.38. The van der Waals surface area contributed by atoms with Crippen LogP contribution in [0.1, 0.15) is 39.4 Å². The molecular formula is C14H19N3O2. The molecule has 0 aliphatic carbocycles. The maximum Gasteiger partial charge on any atom is 0.419 e. The van der Waals surface area contributed by atoms with Gasteiger partial charge in [-0.2, -0.15) is 0 Å². The van der Waals surface area contributed by atoms with Gasteiger partial charge in [0.05, 0.1) is 16.7 Å². The van der Waals surface area contributed by atoms with Gasteiger partial charge in [-0.3, -0.25) is 4.57 Å². The SMILES string of the molecule is C[C@@H](N)c1ccc2c(ccn2C(=O)OC(C)(C)C)n1. The molecule has 0 unspecified atom stereocenters. The van der Waals surface area contributed by atoms with Crippen LogP contribution in [0.3, 0.4) is 0 Å². The van der Waals surface area contributed by atoms with Gasteiger partial charge in [-0.25, -0.2) is 9.78 Å². The summed E-state index contributed by atoms with van der Waals surface area (Å²) in [6.07, 6.45) is 1.26. The summed E-state index contributed by atoms with van der Waals surface area (Å²) in [5.74, 6) is 0. The predicted octanol–water partition coefficient (Wildman–Crippen LogP) is 2.84. The highest BCUT2D eigenvalue weighted by atomic mass is 16.6. The number of hydrogen-bond donors (Lipinski definition) is 1. The minimum absolute atomic E-state index is 0.130. The minimum atomic E-state index is -0.521. The summed E-state index contributed by atoms with van der Waals surface area (Å²) in [6, 6.07) is 5.32. The first-order valence-corrected chi connectivity index (χ1v) is 6.25. The smallest absolute Gasteiger partial charge is 0.419 e. The summed E-state index contributed by atoms with van der Waals surface area (Å²) < 4.78 is 6.80. The van der Waals surface area contributed by atoms with Crippen molar-refractivity contribution in [2.75, 3.05) is 0 Å². The van der Waals surface area contributed by atoms with Gasteiger partial charge >= 0.3 is 6.09 Å². The molecular weight excluding hydrogens is 242 g/mol. The van der Waals surface area contributed by atoms with Crippen molar-refractivity contribution in [1.82, 2.24) is 9.55 Å². The monoisotopic (exact) mass is 261 g/mol. The van der Waals surface area contributed by atoms with Crippen molar-refractivity contribution in [1.29, 1.82) is 0 Å². The normalized spacial score (nSPS) is 13.5. The Kier molecular flexibility index (Phi) is 3.32. The quantitative estimate of drug-likeness (QED) is 0.857. The second-order valence-electron chi connectivity index (χ2n) is 5.60. The molecule has 0 bridgehead atoms. The van der Waals surface area contributed by atoms with Crippen LogP contribution in [0.4, 0.5) is 4.79 Å². The third kappa shape index (κ3) is 2.93. The van der Waals surface area contributed by atoms with E-state index in [1.807, 2.05) is 39.8 Å². The van der Waals surface area contributed by atoms with E-state index in [0.29, 0.717) is 0 Å². The van der Waals surface area contributed by atoms with Gasteiger partial charge in [-0.05, 0) is 45.9 Å². The molecule has 0 aliphatic heterocycles. The molecule has 102 valence electrons. The summed E-state index contributed by atoms with van der Waals surface area (Å²) in [7, 11) is 0. The van der Waals surface area contributed by atoms with E-state index in [1.54, 1.807) is 12.3 Å². The van der Waals surface area contributed by atoms with E-state index in [4.69, 9.17) is 10.5 Å². The molecule has 5 heteroatoms. The van der Waals surface area contributed by atoms with Crippen LogP contribution in [0.5, 0.6) is 0 Å². The molecule has 5 nitrogen and oxygen atoms in total. The van der Waals surface area contributed by atoms with Crippen LogP contribution in [0.2, 0.25) is 0 Å². The van der Waals surface area contributed by atoms with Gasteiger partial charge in [0, 0.05) is 12.2 Å². The minimum Gasteiger partial charge on any atom is -0.443 e. The first kappa shape index (κ1) is 13.5. The average Bonchev–Trinajstić information content (AvgIpc) is 2.68. The van der Waals surface area contributed by atoms with Crippen LogP contribution >= 0.6 is 0 Å². The average molecular weight is 261 g/mol. The largest absolute Gasteiger partial charge is 0.443 e. The first-order valence-electron chi connectivity index (χ1n) is 6.25. The standard InChI is InChI=1S/C14H19N3O2/c1-9(15)10-5-6-12-11(16-10)7-8-17(12)13(18)19-14(2,3)4/h5-9H,15H2,1-4H3/t9-/m1/s1. The molecule has 0 fully saturated rings. The molecule has 2 rings (SSSR count). The Labute approximate surface area is 112 Å². The summed E-state index contributed by atoms with van der Waals surface area (Å²) in [4.78, 5) is 16.5. The maximum atomic E-state index is 12.0. The van der Waals surface area contributed by atoms with Crippen LogP contribution in [-0.2, 0) is 4.74 Å². The molecule has 2 N–H and O–H groups in total. The van der Waals surface area contributed by atoms with Crippen LogP contribution in [-0.4, -0.2) is 21.2 Å². The number of pyridine rings is 1. The number of rotatable bonds is 1. The number of nitrogens with zero attached hydrogens (tertiary/aromatic N) is 2. The Morgan fingerprint density at radius 1 is 1.37 bits per heavy atom. The lowest BCUT2D eigenvalue weighted by molar-refractivity contribution is 0.0544. The number of ether oxygens (including phenoxy) is 1. The maximum absolute atomic E-state index is 12.0. The van der Waals surface area contributed by atoms with Crippen molar-refractivity contribution in [3.8, 4) is 0 Å². The van der Waals surface area contributed by atoms with E-state index in [2.05, 4.69) is 4.98 Å². The highest BCUT2D eigenvalue weighted by Crippen LogP contribution is 2.18. The van der Waals surface area contributed by atoms with Gasteiger partial charge in [0.15, 0.2) is 0 Å². The lowest BCUT2D eigenvalue weighted by Crippen LogP contribution is -2.26. The van der Waals surface area contributed by atoms with Gasteiger partial charge in [-0.1, -0.05) is 0 Å². The van der Waals surface area contributed by atoms with Crippen LogP contribution < -0.4 is 5.73 Å². The van der Waals surface area contributed by atoms with E-state index >= 15 is 0 Å². The van der Waals surface area contributed by atoms with E-state index in [1.165, 1.54) is 4.57 Å². The van der Waals surface area contributed by atoms with E-state index < -0.39 is 11.7 Å². The van der Waals surface area contributed by atoms with Gasteiger partial charge < -0.3 is 10.5 Å². The summed E-state index contributed by atoms with van der Waals surface area (Å²) in [5.41, 5.74) is 7.53. The molecule has 0 amide bonds. The summed E-state index contributed by atoms with van der Waals surface area (Å²) >= 11 is 0. The van der Waals surface area contributed by atoms with Gasteiger partial charge in [0.25, 0.3) is 0 Å². The van der Waals surface area contributed by atoms with Crippen molar-refractivity contribution in [3.63, 3.8) is 0 Å². The predicted molar refractivity (Wildman–Crippen MR) is 74.0 cm³/mol. The number of nitrogens with two attached hydrogens (primary N) is 1. The van der Waals surface area contributed by atoms with Crippen LogP contribution in [0.15, 0.2) is 24.4 Å². The zero-order chi connectivity index (χ0) is 14.2. The molecule has 2 heterocycles. The molecule has 0 spiro atoms. The third-order valence-corrected chi connectivity index (χ3v) is 2.62. The molecule has 2 aromatic rings. The Hall–Kier alpha value is -1.88. The fraction of sp³-hybridized carbons (Fsp3) is 0.429. The van der Waals surface area contributed by atoms with Gasteiger partial charge in [0.1, 0.15) is 5.60 Å². The molecule has 1 atom stereocenters. The zero-order valence-electron chi connectivity index (χ0n) is 11.7. The number of aromatic nitrogens is 2. The molecule has 0 saturated carbocycles. The topological polar surface area (TPSA) is 70.1 Å². The fourth-order valence-corrected chi connectivity index (χ4v) is 1.76. The number of carbonyl (C=O) groups excluding carboxylic acids is 1. The summed E-state index contributed by atoms with van der Waals surface area (Å²) in [5, 5.41) is 0. The molecule has 19 heavy (non-hydrogen) atoms.